The minimum atomic E-state index is -1.50. The number of hydrogen-bond acceptors (Lipinski definition) is 11. The highest BCUT2D eigenvalue weighted by Crippen LogP contribution is 2.62. The van der Waals surface area contributed by atoms with Crippen LogP contribution in [0.1, 0.15) is 95.1 Å². The molecule has 4 aliphatic rings. The number of nitrogens with zero attached hydrogens (tertiary/aromatic N) is 2. The van der Waals surface area contributed by atoms with Gasteiger partial charge in [0.15, 0.2) is 0 Å². The molecular weight excluding hydrogens is 791 g/mol. The maximum atomic E-state index is 14.7. The van der Waals surface area contributed by atoms with E-state index in [1.807, 2.05) is 43.3 Å². The Balaban J connectivity index is 1.47. The van der Waals surface area contributed by atoms with E-state index < -0.39 is 36.2 Å². The predicted octanol–water partition coefficient (Wildman–Crippen LogP) is 8.77. The van der Waals surface area contributed by atoms with E-state index in [2.05, 4.69) is 36.2 Å². The average molecular weight is 854 g/mol. The SMILES string of the molecule is C=CCOC12Oc3ccc(OC(=O)NCC)cc3C3C(CCCCO)C(CCCCO)C=C(C(=NOC4CCCCO4)CC1N(Cc1cccc4ccccc14)C(=O)OCC)C32. The molecule has 0 aromatic heterocycles. The molecule has 0 bridgehead atoms. The number of oxime groups is 1. The predicted molar refractivity (Wildman–Crippen MR) is 236 cm³/mol. The molecule has 334 valence electrons. The van der Waals surface area contributed by atoms with Gasteiger partial charge in [-0.2, -0.15) is 0 Å². The second-order valence-electron chi connectivity index (χ2n) is 16.6. The second kappa shape index (κ2) is 21.4. The summed E-state index contributed by atoms with van der Waals surface area (Å²) in [5.41, 5.74) is 3.32. The minimum absolute atomic E-state index is 0.0141. The fraction of sp³-hybridized carbons (Fsp3) is 0.531. The summed E-state index contributed by atoms with van der Waals surface area (Å²) < 4.78 is 32.2. The number of rotatable bonds is 19. The number of carbonyl (C=O) groups excluding carboxylic acids is 2. The highest BCUT2D eigenvalue weighted by Gasteiger charge is 2.65. The fourth-order valence-corrected chi connectivity index (χ4v) is 10.0. The zero-order valence-corrected chi connectivity index (χ0v) is 36.2. The number of aliphatic hydroxyl groups excluding tert-OH is 2. The van der Waals surface area contributed by atoms with Crippen LogP contribution in [0.4, 0.5) is 9.59 Å². The van der Waals surface area contributed by atoms with Gasteiger partial charge < -0.3 is 44.1 Å². The molecule has 1 saturated heterocycles. The monoisotopic (exact) mass is 853 g/mol. The zero-order valence-electron chi connectivity index (χ0n) is 36.2. The molecule has 2 amide bonds. The first-order valence-corrected chi connectivity index (χ1v) is 22.6. The van der Waals surface area contributed by atoms with Gasteiger partial charge in [0, 0.05) is 44.1 Å². The highest BCUT2D eigenvalue weighted by atomic mass is 16.8. The Labute approximate surface area is 365 Å². The normalized spacial score (nSPS) is 25.7. The first-order valence-electron chi connectivity index (χ1n) is 22.6. The number of amides is 2. The number of carbonyl (C=O) groups is 2. The molecule has 3 N–H and O–H groups in total. The van der Waals surface area contributed by atoms with E-state index in [1.54, 1.807) is 24.0 Å². The van der Waals surface area contributed by atoms with Crippen LogP contribution >= 0.6 is 0 Å². The van der Waals surface area contributed by atoms with E-state index in [4.69, 9.17) is 33.7 Å². The Morgan fingerprint density at radius 1 is 1.02 bits per heavy atom. The van der Waals surface area contributed by atoms with Gasteiger partial charge in [0.2, 0.25) is 12.1 Å². The van der Waals surface area contributed by atoms with Crippen molar-refractivity contribution in [1.82, 2.24) is 10.2 Å². The molecule has 13 heteroatoms. The van der Waals surface area contributed by atoms with Crippen molar-refractivity contribution in [2.75, 3.05) is 39.6 Å². The van der Waals surface area contributed by atoms with E-state index in [0.717, 1.165) is 66.0 Å². The van der Waals surface area contributed by atoms with Crippen molar-refractivity contribution in [1.29, 1.82) is 0 Å². The van der Waals surface area contributed by atoms with Gasteiger partial charge >= 0.3 is 12.2 Å². The zero-order chi connectivity index (χ0) is 43.5. The largest absolute Gasteiger partial charge is 0.459 e. The standard InChI is InChI=1S/C49H63N3O10/c1-4-27-59-49-43(52(48(56)57-6-3)32-35-19-15-18-33-16-7-8-20-37(33)35)31-41(51-62-44-22-11-14-28-58-44)39-29-34(17-9-12-25-53)38(21-10-13-26-54)45(46(39)49)40-30-36(23-24-42(40)61-49)60-47(55)50-5-2/h4,7-8,15-16,18-20,23-24,29-30,34,38,43-46,53-54H,1,5-6,9-14,17,21-22,25-28,31-32H2,2-3H3,(H,50,55). The van der Waals surface area contributed by atoms with Crippen LogP contribution in [0.2, 0.25) is 0 Å². The summed E-state index contributed by atoms with van der Waals surface area (Å²) in [6, 6.07) is 18.8. The summed E-state index contributed by atoms with van der Waals surface area (Å²) >= 11 is 0. The Kier molecular flexibility index (Phi) is 15.6. The van der Waals surface area contributed by atoms with E-state index in [1.165, 1.54) is 0 Å². The molecule has 0 radical (unpaired) electrons. The van der Waals surface area contributed by atoms with Crippen LogP contribution < -0.4 is 14.8 Å². The van der Waals surface area contributed by atoms with Gasteiger partial charge in [0.1, 0.15) is 17.5 Å². The summed E-state index contributed by atoms with van der Waals surface area (Å²) in [4.78, 5) is 35.5. The Morgan fingerprint density at radius 3 is 2.58 bits per heavy atom. The number of fused-ring (bicyclic) bond motifs is 3. The molecule has 2 aliphatic heterocycles. The molecule has 2 fully saturated rings. The van der Waals surface area contributed by atoms with Gasteiger partial charge in [-0.1, -0.05) is 72.6 Å². The van der Waals surface area contributed by atoms with Crippen LogP contribution in [0.5, 0.6) is 11.5 Å². The topological polar surface area (TPSA) is 158 Å². The lowest BCUT2D eigenvalue weighted by Gasteiger charge is -2.60. The number of ether oxygens (including phenoxy) is 5. The lowest BCUT2D eigenvalue weighted by Crippen LogP contribution is -2.70. The summed E-state index contributed by atoms with van der Waals surface area (Å²) in [5.74, 6) is -1.43. The maximum Gasteiger partial charge on any atom is 0.412 e. The van der Waals surface area contributed by atoms with Crippen molar-refractivity contribution in [2.24, 2.45) is 22.9 Å². The van der Waals surface area contributed by atoms with Gasteiger partial charge in [0.25, 0.3) is 0 Å². The van der Waals surface area contributed by atoms with E-state index in [9.17, 15) is 19.8 Å². The number of benzene rings is 3. The second-order valence-corrected chi connectivity index (χ2v) is 16.6. The maximum absolute atomic E-state index is 14.7. The van der Waals surface area contributed by atoms with Crippen LogP contribution in [0, 0.1) is 17.8 Å². The van der Waals surface area contributed by atoms with Crippen molar-refractivity contribution in [3.05, 3.63) is 96.1 Å². The van der Waals surface area contributed by atoms with Crippen LogP contribution in [-0.2, 0) is 25.6 Å². The third kappa shape index (κ3) is 9.81. The van der Waals surface area contributed by atoms with Crippen molar-refractivity contribution in [3.8, 4) is 11.5 Å². The molecule has 0 spiro atoms. The first-order chi connectivity index (χ1) is 30.3. The highest BCUT2D eigenvalue weighted by molar-refractivity contribution is 6.03. The van der Waals surface area contributed by atoms with E-state index in [-0.39, 0.29) is 57.1 Å². The molecule has 2 aliphatic carbocycles. The van der Waals surface area contributed by atoms with Gasteiger partial charge in [-0.05, 0) is 104 Å². The summed E-state index contributed by atoms with van der Waals surface area (Å²) in [6.07, 6.45) is 9.60. The molecule has 62 heavy (non-hydrogen) atoms. The molecule has 13 nitrogen and oxygen atoms in total. The number of unbranched alkanes of at least 4 members (excludes halogenated alkanes) is 2. The van der Waals surface area contributed by atoms with E-state index in [0.29, 0.717) is 49.6 Å². The molecule has 1 saturated carbocycles. The average Bonchev–Trinajstić information content (AvgIpc) is 3.28. The Morgan fingerprint density at radius 2 is 1.82 bits per heavy atom. The Bertz CT molecular complexity index is 2060. The van der Waals surface area contributed by atoms with Crippen LogP contribution in [0.3, 0.4) is 0 Å². The summed E-state index contributed by atoms with van der Waals surface area (Å²) in [7, 11) is 0. The molecule has 3 aromatic rings. The van der Waals surface area contributed by atoms with Crippen molar-refractivity contribution < 1.29 is 48.3 Å². The minimum Gasteiger partial charge on any atom is -0.459 e. The third-order valence-corrected chi connectivity index (χ3v) is 12.7. The van der Waals surface area contributed by atoms with Crippen LogP contribution in [-0.4, -0.2) is 90.7 Å². The molecule has 7 unspecified atom stereocenters. The summed E-state index contributed by atoms with van der Waals surface area (Å²) in [6.45, 7) is 9.26. The quantitative estimate of drug-likeness (QED) is 0.0605. The van der Waals surface area contributed by atoms with Crippen molar-refractivity contribution >= 4 is 28.7 Å². The number of aliphatic hydroxyl groups is 2. The van der Waals surface area contributed by atoms with Gasteiger partial charge in [0.05, 0.1) is 38.0 Å². The Hall–Kier alpha value is -4.95. The molecule has 2 heterocycles. The smallest absolute Gasteiger partial charge is 0.412 e. The van der Waals surface area contributed by atoms with Crippen molar-refractivity contribution in [3.63, 3.8) is 0 Å². The van der Waals surface area contributed by atoms with Crippen LogP contribution in [0.15, 0.2) is 90.1 Å². The lowest BCUT2D eigenvalue weighted by molar-refractivity contribution is -0.256. The molecule has 3 aromatic carbocycles. The molecular formula is C49H63N3O10. The van der Waals surface area contributed by atoms with Gasteiger partial charge in [-0.25, -0.2) is 9.59 Å². The van der Waals surface area contributed by atoms with Gasteiger partial charge in [-0.15, -0.1) is 6.58 Å². The number of hydrogen-bond donors (Lipinski definition) is 3. The van der Waals surface area contributed by atoms with E-state index >= 15 is 0 Å². The molecule has 7 atom stereocenters. The molecule has 7 rings (SSSR count). The lowest BCUT2D eigenvalue weighted by atomic mass is 9.55. The van der Waals surface area contributed by atoms with Crippen LogP contribution in [0.25, 0.3) is 10.8 Å². The number of nitrogens with one attached hydrogen (secondary N) is 1. The summed E-state index contributed by atoms with van der Waals surface area (Å²) in [5, 5.41) is 29.6. The van der Waals surface area contributed by atoms with Gasteiger partial charge in [-0.3, -0.25) is 4.90 Å². The third-order valence-electron chi connectivity index (χ3n) is 12.7. The fourth-order valence-electron chi connectivity index (χ4n) is 10.0. The number of allylic oxidation sites excluding steroid dienone is 1. The first kappa shape index (κ1) is 45.1. The van der Waals surface area contributed by atoms with Crippen molar-refractivity contribution in [2.45, 2.75) is 109 Å².